The van der Waals surface area contributed by atoms with E-state index in [0.717, 1.165) is 5.56 Å². The quantitative estimate of drug-likeness (QED) is 0.828. The van der Waals surface area contributed by atoms with Gasteiger partial charge in [-0.05, 0) is 18.6 Å². The summed E-state index contributed by atoms with van der Waals surface area (Å²) < 4.78 is 4.77. The van der Waals surface area contributed by atoms with Crippen molar-refractivity contribution >= 4 is 23.5 Å². The molecule has 112 valence electrons. The number of benzene rings is 1. The molecule has 1 aromatic rings. The van der Waals surface area contributed by atoms with Gasteiger partial charge in [-0.1, -0.05) is 18.2 Å². The van der Waals surface area contributed by atoms with E-state index in [-0.39, 0.29) is 31.8 Å². The Morgan fingerprint density at radius 2 is 2.00 bits per heavy atom. The molecule has 0 spiro atoms. The van der Waals surface area contributed by atoms with Gasteiger partial charge in [-0.15, -0.1) is 0 Å². The summed E-state index contributed by atoms with van der Waals surface area (Å²) in [5.74, 6) is -1.87. The van der Waals surface area contributed by atoms with Gasteiger partial charge in [0.25, 0.3) is 0 Å². The maximum Gasteiger partial charge on any atom is 0.327 e. The molecule has 1 heterocycles. The molecular formula is C15H17NO5. The molecule has 1 aliphatic rings. The normalized spacial score (nSPS) is 16.4. The van der Waals surface area contributed by atoms with E-state index in [2.05, 4.69) is 0 Å². The summed E-state index contributed by atoms with van der Waals surface area (Å²) in [4.78, 5) is 36.2. The molecule has 0 aliphatic carbocycles. The molecule has 0 unspecified atom stereocenters. The number of para-hydroxylation sites is 1. The molecule has 6 nitrogen and oxygen atoms in total. The SMILES string of the molecule is CCOC(=O)CCC(=O)N1c2ccccc2C[C@H]1C(=O)O. The van der Waals surface area contributed by atoms with Gasteiger partial charge < -0.3 is 9.84 Å². The van der Waals surface area contributed by atoms with Gasteiger partial charge in [0.1, 0.15) is 6.04 Å². The molecule has 1 atom stereocenters. The molecule has 0 radical (unpaired) electrons. The third-order valence-electron chi connectivity index (χ3n) is 3.38. The van der Waals surface area contributed by atoms with E-state index >= 15 is 0 Å². The highest BCUT2D eigenvalue weighted by Crippen LogP contribution is 2.32. The molecule has 0 aromatic heterocycles. The molecular weight excluding hydrogens is 274 g/mol. The standard InChI is InChI=1S/C15H17NO5/c1-2-21-14(18)8-7-13(17)16-11-6-4-3-5-10(11)9-12(16)15(19)20/h3-6,12H,2,7-9H2,1H3,(H,19,20)/t12-/m0/s1. The predicted octanol–water partition coefficient (Wildman–Crippen LogP) is 1.37. The number of carboxylic acid groups (broad SMARTS) is 1. The van der Waals surface area contributed by atoms with E-state index in [1.165, 1.54) is 4.90 Å². The van der Waals surface area contributed by atoms with Gasteiger partial charge in [0, 0.05) is 18.5 Å². The summed E-state index contributed by atoms with van der Waals surface area (Å²) in [7, 11) is 0. The Balaban J connectivity index is 2.13. The Morgan fingerprint density at radius 3 is 2.67 bits per heavy atom. The number of carbonyl (C=O) groups excluding carboxylic acids is 2. The van der Waals surface area contributed by atoms with Crippen LogP contribution in [0.1, 0.15) is 25.3 Å². The summed E-state index contributed by atoms with van der Waals surface area (Å²) in [6, 6.07) is 6.20. The van der Waals surface area contributed by atoms with E-state index in [1.54, 1.807) is 19.1 Å². The molecule has 6 heteroatoms. The van der Waals surface area contributed by atoms with Crippen molar-refractivity contribution in [1.29, 1.82) is 0 Å². The fourth-order valence-corrected chi connectivity index (χ4v) is 2.45. The molecule has 1 N–H and O–H groups in total. The molecule has 0 bridgehead atoms. The maximum atomic E-state index is 12.3. The smallest absolute Gasteiger partial charge is 0.327 e. The molecule has 0 saturated carbocycles. The van der Waals surface area contributed by atoms with E-state index in [4.69, 9.17) is 4.74 Å². The Morgan fingerprint density at radius 1 is 1.29 bits per heavy atom. The van der Waals surface area contributed by atoms with E-state index < -0.39 is 18.0 Å². The van der Waals surface area contributed by atoms with Crippen LogP contribution in [0.25, 0.3) is 0 Å². The van der Waals surface area contributed by atoms with Crippen LogP contribution in [0.15, 0.2) is 24.3 Å². The monoisotopic (exact) mass is 291 g/mol. The van der Waals surface area contributed by atoms with Crippen LogP contribution in [-0.2, 0) is 25.5 Å². The number of nitrogens with zero attached hydrogens (tertiary/aromatic N) is 1. The van der Waals surface area contributed by atoms with E-state index in [1.807, 2.05) is 12.1 Å². The Kier molecular flexibility index (Phi) is 4.57. The minimum absolute atomic E-state index is 0.0440. The summed E-state index contributed by atoms with van der Waals surface area (Å²) in [5.41, 5.74) is 1.44. The van der Waals surface area contributed by atoms with Crippen molar-refractivity contribution in [3.05, 3.63) is 29.8 Å². The fraction of sp³-hybridized carbons (Fsp3) is 0.400. The van der Waals surface area contributed by atoms with Crippen molar-refractivity contribution in [1.82, 2.24) is 0 Å². The van der Waals surface area contributed by atoms with Crippen LogP contribution in [0, 0.1) is 0 Å². The average Bonchev–Trinajstić information content (AvgIpc) is 2.85. The lowest BCUT2D eigenvalue weighted by molar-refractivity contribution is -0.144. The zero-order valence-corrected chi connectivity index (χ0v) is 11.7. The van der Waals surface area contributed by atoms with Crippen LogP contribution in [0.2, 0.25) is 0 Å². The number of rotatable bonds is 5. The first kappa shape index (κ1) is 15.0. The van der Waals surface area contributed by atoms with Crippen LogP contribution in [0.4, 0.5) is 5.69 Å². The lowest BCUT2D eigenvalue weighted by atomic mass is 10.1. The lowest BCUT2D eigenvalue weighted by Gasteiger charge is -2.22. The zero-order chi connectivity index (χ0) is 15.4. The third kappa shape index (κ3) is 3.21. The van der Waals surface area contributed by atoms with Crippen molar-refractivity contribution in [2.75, 3.05) is 11.5 Å². The lowest BCUT2D eigenvalue weighted by Crippen LogP contribution is -2.43. The van der Waals surface area contributed by atoms with Gasteiger partial charge in [0.15, 0.2) is 0 Å². The first-order chi connectivity index (χ1) is 10.0. The number of carbonyl (C=O) groups is 3. The summed E-state index contributed by atoms with van der Waals surface area (Å²) in [5, 5.41) is 9.28. The van der Waals surface area contributed by atoms with Crippen LogP contribution < -0.4 is 4.90 Å². The zero-order valence-electron chi connectivity index (χ0n) is 11.7. The second-order valence-electron chi connectivity index (χ2n) is 4.76. The Labute approximate surface area is 122 Å². The predicted molar refractivity (Wildman–Crippen MR) is 74.9 cm³/mol. The molecule has 0 saturated heterocycles. The van der Waals surface area contributed by atoms with Gasteiger partial charge in [0.05, 0.1) is 13.0 Å². The fourth-order valence-electron chi connectivity index (χ4n) is 2.45. The van der Waals surface area contributed by atoms with Crippen LogP contribution in [-0.4, -0.2) is 35.6 Å². The van der Waals surface area contributed by atoms with Gasteiger partial charge in [0.2, 0.25) is 5.91 Å². The van der Waals surface area contributed by atoms with Crippen LogP contribution >= 0.6 is 0 Å². The molecule has 1 aromatic carbocycles. The number of anilines is 1. The van der Waals surface area contributed by atoms with E-state index in [0.29, 0.717) is 5.69 Å². The molecule has 1 amide bonds. The number of amides is 1. The number of fused-ring (bicyclic) bond motifs is 1. The highest BCUT2D eigenvalue weighted by molar-refractivity contribution is 6.02. The number of hydrogen-bond donors (Lipinski definition) is 1. The number of aliphatic carboxylic acids is 1. The average molecular weight is 291 g/mol. The van der Waals surface area contributed by atoms with Gasteiger partial charge in [-0.3, -0.25) is 14.5 Å². The van der Waals surface area contributed by atoms with Crippen molar-refractivity contribution in [2.45, 2.75) is 32.2 Å². The first-order valence-electron chi connectivity index (χ1n) is 6.83. The van der Waals surface area contributed by atoms with Crippen LogP contribution in [0.3, 0.4) is 0 Å². The van der Waals surface area contributed by atoms with Crippen molar-refractivity contribution in [3.8, 4) is 0 Å². The topological polar surface area (TPSA) is 83.9 Å². The van der Waals surface area contributed by atoms with E-state index in [9.17, 15) is 19.5 Å². The Hall–Kier alpha value is -2.37. The second-order valence-corrected chi connectivity index (χ2v) is 4.76. The number of ether oxygens (including phenoxy) is 1. The number of esters is 1. The molecule has 21 heavy (non-hydrogen) atoms. The third-order valence-corrected chi connectivity index (χ3v) is 3.38. The second kappa shape index (κ2) is 6.39. The highest BCUT2D eigenvalue weighted by atomic mass is 16.5. The maximum absolute atomic E-state index is 12.3. The summed E-state index contributed by atoms with van der Waals surface area (Å²) in [6.07, 6.45) is 0.186. The Bertz CT molecular complexity index is 569. The van der Waals surface area contributed by atoms with Crippen LogP contribution in [0.5, 0.6) is 0 Å². The molecule has 0 fully saturated rings. The summed E-state index contributed by atoms with van der Waals surface area (Å²) >= 11 is 0. The highest BCUT2D eigenvalue weighted by Gasteiger charge is 2.37. The van der Waals surface area contributed by atoms with Gasteiger partial charge in [-0.2, -0.15) is 0 Å². The molecule has 2 rings (SSSR count). The van der Waals surface area contributed by atoms with Gasteiger partial charge >= 0.3 is 11.9 Å². The first-order valence-corrected chi connectivity index (χ1v) is 6.83. The summed E-state index contributed by atoms with van der Waals surface area (Å²) in [6.45, 7) is 1.95. The van der Waals surface area contributed by atoms with Crippen molar-refractivity contribution < 1.29 is 24.2 Å². The minimum Gasteiger partial charge on any atom is -0.480 e. The number of hydrogen-bond acceptors (Lipinski definition) is 4. The van der Waals surface area contributed by atoms with Crippen molar-refractivity contribution in [3.63, 3.8) is 0 Å². The minimum atomic E-state index is -1.05. The molecule has 1 aliphatic heterocycles. The number of carboxylic acids is 1. The van der Waals surface area contributed by atoms with Crippen molar-refractivity contribution in [2.24, 2.45) is 0 Å². The largest absolute Gasteiger partial charge is 0.480 e. The van der Waals surface area contributed by atoms with Gasteiger partial charge in [-0.25, -0.2) is 4.79 Å².